The van der Waals surface area contributed by atoms with Crippen LogP contribution in [0.25, 0.3) is 0 Å². The topological polar surface area (TPSA) is 56.0 Å². The van der Waals surface area contributed by atoms with Gasteiger partial charge in [0.2, 0.25) is 0 Å². The number of rotatable bonds is 2. The van der Waals surface area contributed by atoms with Crippen LogP contribution in [-0.2, 0) is 0 Å². The third-order valence-corrected chi connectivity index (χ3v) is 3.03. The summed E-state index contributed by atoms with van der Waals surface area (Å²) in [4.78, 5) is 0. The average Bonchev–Trinajstić information content (AvgIpc) is 2.08. The molecular formula is C10H18N2O. The molecule has 0 aromatic rings. The van der Waals surface area contributed by atoms with Gasteiger partial charge >= 0.3 is 0 Å². The maximum absolute atomic E-state index is 10.0. The van der Waals surface area contributed by atoms with Crippen LogP contribution in [0.4, 0.5) is 0 Å². The van der Waals surface area contributed by atoms with Crippen molar-refractivity contribution in [3.05, 3.63) is 0 Å². The summed E-state index contributed by atoms with van der Waals surface area (Å²) >= 11 is 0. The first kappa shape index (κ1) is 10.3. The molecule has 0 aliphatic heterocycles. The summed E-state index contributed by atoms with van der Waals surface area (Å²) in [7, 11) is 0. The van der Waals surface area contributed by atoms with Gasteiger partial charge in [-0.2, -0.15) is 5.26 Å². The van der Waals surface area contributed by atoms with Crippen molar-refractivity contribution in [1.29, 1.82) is 5.26 Å². The molecule has 74 valence electrons. The molecule has 0 bridgehead atoms. The predicted molar refractivity (Wildman–Crippen MR) is 50.8 cm³/mol. The fourth-order valence-electron chi connectivity index (χ4n) is 1.77. The first-order valence-electron chi connectivity index (χ1n) is 4.82. The first-order chi connectivity index (χ1) is 5.97. The van der Waals surface area contributed by atoms with E-state index in [1.807, 2.05) is 6.19 Å². The summed E-state index contributed by atoms with van der Waals surface area (Å²) in [6, 6.07) is 0. The molecule has 0 spiro atoms. The summed E-state index contributed by atoms with van der Waals surface area (Å²) in [5.41, 5.74) is -0.288. The van der Waals surface area contributed by atoms with Crippen molar-refractivity contribution in [2.45, 2.75) is 45.1 Å². The third-order valence-electron chi connectivity index (χ3n) is 3.03. The average molecular weight is 182 g/mol. The summed E-state index contributed by atoms with van der Waals surface area (Å²) in [6.07, 6.45) is 5.53. The Morgan fingerprint density at radius 3 is 2.31 bits per heavy atom. The Hall–Kier alpha value is -0.750. The molecule has 1 saturated carbocycles. The van der Waals surface area contributed by atoms with E-state index in [2.05, 4.69) is 19.2 Å². The number of nitrogens with zero attached hydrogens (tertiary/aromatic N) is 1. The fraction of sp³-hybridized carbons (Fsp3) is 0.900. The van der Waals surface area contributed by atoms with Crippen LogP contribution in [-0.4, -0.2) is 17.3 Å². The molecule has 1 rings (SSSR count). The lowest BCUT2D eigenvalue weighted by molar-refractivity contribution is -0.0217. The lowest BCUT2D eigenvalue weighted by Gasteiger charge is -2.39. The number of hydrogen-bond donors (Lipinski definition) is 2. The van der Waals surface area contributed by atoms with Crippen molar-refractivity contribution in [3.63, 3.8) is 0 Å². The second-order valence-corrected chi connectivity index (χ2v) is 4.85. The van der Waals surface area contributed by atoms with Crippen molar-refractivity contribution in [3.8, 4) is 6.19 Å². The van der Waals surface area contributed by atoms with Gasteiger partial charge in [0.05, 0.1) is 12.1 Å². The van der Waals surface area contributed by atoms with E-state index in [0.29, 0.717) is 12.0 Å². The third kappa shape index (κ3) is 2.89. The Balaban J connectivity index is 2.43. The van der Waals surface area contributed by atoms with E-state index in [9.17, 15) is 5.11 Å². The van der Waals surface area contributed by atoms with Gasteiger partial charge in [-0.15, -0.1) is 0 Å². The van der Waals surface area contributed by atoms with Crippen LogP contribution < -0.4 is 5.32 Å². The molecule has 0 aromatic carbocycles. The van der Waals surface area contributed by atoms with Gasteiger partial charge in [-0.1, -0.05) is 13.8 Å². The Morgan fingerprint density at radius 1 is 1.31 bits per heavy atom. The minimum atomic E-state index is -0.648. The molecule has 3 heteroatoms. The van der Waals surface area contributed by atoms with Crippen LogP contribution in [0.3, 0.4) is 0 Å². The highest BCUT2D eigenvalue weighted by Crippen LogP contribution is 2.39. The van der Waals surface area contributed by atoms with Crippen LogP contribution >= 0.6 is 0 Å². The molecule has 0 amide bonds. The molecule has 0 unspecified atom stereocenters. The smallest absolute Gasteiger partial charge is 0.176 e. The van der Waals surface area contributed by atoms with Crippen LogP contribution in [0.1, 0.15) is 39.5 Å². The van der Waals surface area contributed by atoms with Crippen molar-refractivity contribution < 1.29 is 5.11 Å². The van der Waals surface area contributed by atoms with Gasteiger partial charge in [-0.05, 0) is 31.1 Å². The van der Waals surface area contributed by atoms with Gasteiger partial charge < -0.3 is 10.4 Å². The maximum Gasteiger partial charge on any atom is 0.176 e. The molecule has 0 radical (unpaired) electrons. The molecule has 13 heavy (non-hydrogen) atoms. The van der Waals surface area contributed by atoms with Crippen LogP contribution in [0, 0.1) is 16.9 Å². The Morgan fingerprint density at radius 2 is 1.85 bits per heavy atom. The Kier molecular flexibility index (Phi) is 2.82. The van der Waals surface area contributed by atoms with Gasteiger partial charge in [-0.3, -0.25) is 0 Å². The lowest BCUT2D eigenvalue weighted by Crippen LogP contribution is -2.43. The number of aliphatic hydroxyl groups is 1. The zero-order valence-corrected chi connectivity index (χ0v) is 8.43. The molecule has 0 heterocycles. The summed E-state index contributed by atoms with van der Waals surface area (Å²) in [5, 5.41) is 20.9. The van der Waals surface area contributed by atoms with Crippen LogP contribution in [0.15, 0.2) is 0 Å². The fourth-order valence-corrected chi connectivity index (χ4v) is 1.77. The monoisotopic (exact) mass is 182 g/mol. The van der Waals surface area contributed by atoms with E-state index in [4.69, 9.17) is 5.26 Å². The second kappa shape index (κ2) is 3.55. The second-order valence-electron chi connectivity index (χ2n) is 4.85. The quantitative estimate of drug-likeness (QED) is 0.501. The normalized spacial score (nSPS) is 24.8. The van der Waals surface area contributed by atoms with E-state index in [0.717, 1.165) is 25.7 Å². The van der Waals surface area contributed by atoms with Crippen LogP contribution in [0.2, 0.25) is 0 Å². The van der Waals surface area contributed by atoms with Gasteiger partial charge in [0.1, 0.15) is 0 Å². The Bertz CT molecular complexity index is 207. The van der Waals surface area contributed by atoms with Gasteiger partial charge in [-0.25, -0.2) is 0 Å². The van der Waals surface area contributed by atoms with E-state index >= 15 is 0 Å². The standard InChI is InChI=1S/C10H18N2O/c1-9(2)3-5-10(13,6-4-9)7-12-8-11/h12-13H,3-7H2,1-2H3. The highest BCUT2D eigenvalue weighted by atomic mass is 16.3. The highest BCUT2D eigenvalue weighted by molar-refractivity contribution is 4.91. The van der Waals surface area contributed by atoms with Gasteiger partial charge in [0, 0.05) is 0 Å². The lowest BCUT2D eigenvalue weighted by atomic mass is 9.71. The van der Waals surface area contributed by atoms with Crippen LogP contribution in [0.5, 0.6) is 0 Å². The molecule has 0 aromatic heterocycles. The minimum Gasteiger partial charge on any atom is -0.388 e. The van der Waals surface area contributed by atoms with Crippen molar-refractivity contribution in [2.24, 2.45) is 5.41 Å². The summed E-state index contributed by atoms with van der Waals surface area (Å²) < 4.78 is 0. The van der Waals surface area contributed by atoms with Gasteiger partial charge in [0.15, 0.2) is 6.19 Å². The molecular weight excluding hydrogens is 164 g/mol. The molecule has 1 fully saturated rings. The van der Waals surface area contributed by atoms with E-state index in [1.165, 1.54) is 0 Å². The van der Waals surface area contributed by atoms with Gasteiger partial charge in [0.25, 0.3) is 0 Å². The molecule has 1 aliphatic rings. The zero-order chi connectivity index (χ0) is 9.95. The molecule has 0 saturated heterocycles. The number of nitriles is 1. The number of nitrogens with one attached hydrogen (secondary N) is 1. The summed E-state index contributed by atoms with van der Waals surface area (Å²) in [5.74, 6) is 0. The zero-order valence-electron chi connectivity index (χ0n) is 8.43. The van der Waals surface area contributed by atoms with E-state index in [1.54, 1.807) is 0 Å². The molecule has 3 nitrogen and oxygen atoms in total. The molecule has 0 atom stereocenters. The molecule has 2 N–H and O–H groups in total. The highest BCUT2D eigenvalue weighted by Gasteiger charge is 2.36. The minimum absolute atomic E-state index is 0.360. The predicted octanol–water partition coefficient (Wildman–Crippen LogP) is 1.39. The Labute approximate surface area is 79.8 Å². The molecule has 1 aliphatic carbocycles. The van der Waals surface area contributed by atoms with E-state index in [-0.39, 0.29) is 0 Å². The number of hydrogen-bond acceptors (Lipinski definition) is 3. The van der Waals surface area contributed by atoms with E-state index < -0.39 is 5.60 Å². The van der Waals surface area contributed by atoms with Crippen molar-refractivity contribution in [2.75, 3.05) is 6.54 Å². The van der Waals surface area contributed by atoms with Crippen molar-refractivity contribution >= 4 is 0 Å². The van der Waals surface area contributed by atoms with Crippen molar-refractivity contribution in [1.82, 2.24) is 5.32 Å². The largest absolute Gasteiger partial charge is 0.388 e. The summed E-state index contributed by atoms with van der Waals surface area (Å²) in [6.45, 7) is 4.86. The first-order valence-corrected chi connectivity index (χ1v) is 4.82. The maximum atomic E-state index is 10.0. The SMILES string of the molecule is CC1(C)CCC(O)(CNC#N)CC1.